The second-order valence-electron chi connectivity index (χ2n) is 9.39. The third-order valence-corrected chi connectivity index (χ3v) is 6.94. The lowest BCUT2D eigenvalue weighted by molar-refractivity contribution is 0.216. The fourth-order valence-electron chi connectivity index (χ4n) is 5.15. The number of nitrogens with one attached hydrogen (secondary N) is 4. The van der Waals surface area contributed by atoms with Crippen LogP contribution in [0.5, 0.6) is 0 Å². The number of hydrogen-bond acceptors (Lipinski definition) is 9. The van der Waals surface area contributed by atoms with Crippen LogP contribution in [0.4, 0.5) is 23.0 Å². The van der Waals surface area contributed by atoms with Gasteiger partial charge in [0.15, 0.2) is 5.82 Å². The van der Waals surface area contributed by atoms with E-state index in [2.05, 4.69) is 50.2 Å². The standard InChI is InChI=1S/C25H37N9/c26-14-19(11-20-13-22(27)32-24(33-29)23(20)28)16-30-15-18-5-4-6-21(12-18)34-10-9-31-25(17-34)7-2-1-3-8-25/h4-6,12-14,16,26,30-31H,1-3,7-11,15,17,28-29H2,(H3,27,32,33)/b19-16-,26-14?. The Morgan fingerprint density at radius 2 is 2.03 bits per heavy atom. The van der Waals surface area contributed by atoms with Crippen molar-refractivity contribution in [1.29, 1.82) is 5.41 Å². The topological polar surface area (TPSA) is 154 Å². The van der Waals surface area contributed by atoms with Gasteiger partial charge < -0.3 is 37.8 Å². The molecule has 0 radical (unpaired) electrons. The smallest absolute Gasteiger partial charge is 0.165 e. The minimum atomic E-state index is 0.282. The van der Waals surface area contributed by atoms with Gasteiger partial charge in [-0.1, -0.05) is 31.4 Å². The van der Waals surface area contributed by atoms with E-state index in [1.807, 2.05) is 6.20 Å². The number of rotatable bonds is 8. The highest BCUT2D eigenvalue weighted by atomic mass is 15.3. The van der Waals surface area contributed by atoms with Crippen molar-refractivity contribution in [2.24, 2.45) is 5.84 Å². The molecule has 1 aromatic heterocycles. The van der Waals surface area contributed by atoms with Gasteiger partial charge in [-0.3, -0.25) is 0 Å². The molecule has 1 saturated heterocycles. The summed E-state index contributed by atoms with van der Waals surface area (Å²) in [6, 6.07) is 10.5. The van der Waals surface area contributed by atoms with Crippen LogP contribution in [0, 0.1) is 5.41 Å². The van der Waals surface area contributed by atoms with E-state index in [4.69, 9.17) is 22.7 Å². The fourth-order valence-corrected chi connectivity index (χ4v) is 5.15. The van der Waals surface area contributed by atoms with Crippen LogP contribution in [0.25, 0.3) is 0 Å². The molecule has 1 spiro atoms. The first kappa shape index (κ1) is 23.8. The molecule has 0 unspecified atom stereocenters. The molecule has 2 fully saturated rings. The SMILES string of the molecule is N=C/C(=C\NCc1cccc(N2CCNC3(CCCCC3)C2)c1)Cc1cc(N)nc(NN)c1N. The number of anilines is 4. The third kappa shape index (κ3) is 5.60. The Balaban J connectivity index is 1.39. The molecular formula is C25H37N9. The summed E-state index contributed by atoms with van der Waals surface area (Å²) in [5, 5.41) is 15.0. The lowest BCUT2D eigenvalue weighted by Crippen LogP contribution is -2.61. The largest absolute Gasteiger partial charge is 0.395 e. The number of aromatic nitrogens is 1. The molecular weight excluding hydrogens is 426 g/mol. The van der Waals surface area contributed by atoms with Crippen molar-refractivity contribution < 1.29 is 0 Å². The highest BCUT2D eigenvalue weighted by molar-refractivity contribution is 5.78. The van der Waals surface area contributed by atoms with Crippen molar-refractivity contribution in [2.75, 3.05) is 41.4 Å². The lowest BCUT2D eigenvalue weighted by Gasteiger charge is -2.47. The number of hydrazine groups is 1. The van der Waals surface area contributed by atoms with E-state index in [-0.39, 0.29) is 5.54 Å². The van der Waals surface area contributed by atoms with Crippen molar-refractivity contribution in [3.8, 4) is 0 Å². The van der Waals surface area contributed by atoms with Gasteiger partial charge in [0.2, 0.25) is 0 Å². The summed E-state index contributed by atoms with van der Waals surface area (Å²) in [5.74, 6) is 6.14. The average molecular weight is 464 g/mol. The van der Waals surface area contributed by atoms with Crippen molar-refractivity contribution in [3.63, 3.8) is 0 Å². The Hall–Kier alpha value is -3.30. The maximum absolute atomic E-state index is 7.80. The monoisotopic (exact) mass is 463 g/mol. The molecule has 1 aromatic carbocycles. The first-order chi connectivity index (χ1) is 16.5. The first-order valence-electron chi connectivity index (χ1n) is 12.1. The molecule has 1 saturated carbocycles. The quantitative estimate of drug-likeness (QED) is 0.179. The van der Waals surface area contributed by atoms with E-state index in [9.17, 15) is 0 Å². The molecule has 0 amide bonds. The summed E-state index contributed by atoms with van der Waals surface area (Å²) in [5.41, 5.74) is 19.2. The molecule has 0 bridgehead atoms. The van der Waals surface area contributed by atoms with Crippen LogP contribution in [0.1, 0.15) is 43.2 Å². The highest BCUT2D eigenvalue weighted by Gasteiger charge is 2.36. The predicted molar refractivity (Wildman–Crippen MR) is 141 cm³/mol. The third-order valence-electron chi connectivity index (χ3n) is 6.94. The van der Waals surface area contributed by atoms with Crippen LogP contribution in [-0.2, 0) is 13.0 Å². The van der Waals surface area contributed by atoms with Crippen molar-refractivity contribution in [2.45, 2.75) is 50.6 Å². The van der Waals surface area contributed by atoms with E-state index in [0.717, 1.165) is 30.8 Å². The van der Waals surface area contributed by atoms with Gasteiger partial charge in [-0.25, -0.2) is 10.8 Å². The Bertz CT molecular complexity index is 1020. The second-order valence-corrected chi connectivity index (χ2v) is 9.39. The molecule has 2 heterocycles. The summed E-state index contributed by atoms with van der Waals surface area (Å²) in [4.78, 5) is 6.61. The van der Waals surface area contributed by atoms with E-state index in [1.165, 1.54) is 49.6 Å². The van der Waals surface area contributed by atoms with Gasteiger partial charge in [-0.2, -0.15) is 0 Å². The Morgan fingerprint density at radius 1 is 1.21 bits per heavy atom. The van der Waals surface area contributed by atoms with E-state index < -0.39 is 0 Å². The molecule has 1 aliphatic carbocycles. The van der Waals surface area contributed by atoms with Gasteiger partial charge in [0.1, 0.15) is 5.82 Å². The Morgan fingerprint density at radius 3 is 2.79 bits per heavy atom. The molecule has 2 aromatic rings. The lowest BCUT2D eigenvalue weighted by atomic mass is 9.80. The van der Waals surface area contributed by atoms with E-state index >= 15 is 0 Å². The summed E-state index contributed by atoms with van der Waals surface area (Å²) >= 11 is 0. The molecule has 9 heteroatoms. The first-order valence-corrected chi connectivity index (χ1v) is 12.1. The van der Waals surface area contributed by atoms with Gasteiger partial charge in [0.25, 0.3) is 0 Å². The molecule has 0 atom stereocenters. The van der Waals surface area contributed by atoms with Gasteiger partial charge in [-0.15, -0.1) is 0 Å². The number of allylic oxidation sites excluding steroid dienone is 1. The summed E-state index contributed by atoms with van der Waals surface area (Å²) in [6.07, 6.45) is 10.2. The number of nitrogens with zero attached hydrogens (tertiary/aromatic N) is 2. The van der Waals surface area contributed by atoms with Gasteiger partial charge in [0.05, 0.1) is 5.69 Å². The Labute approximate surface area is 201 Å². The van der Waals surface area contributed by atoms with Crippen molar-refractivity contribution >= 4 is 29.2 Å². The maximum Gasteiger partial charge on any atom is 0.165 e. The fraction of sp³-hybridized carbons (Fsp3) is 0.440. The Kier molecular flexibility index (Phi) is 7.54. The van der Waals surface area contributed by atoms with Crippen molar-refractivity contribution in [1.82, 2.24) is 15.6 Å². The predicted octanol–water partition coefficient (Wildman–Crippen LogP) is 2.51. The maximum atomic E-state index is 7.80. The van der Waals surface area contributed by atoms with Crippen LogP contribution in [0.15, 0.2) is 42.1 Å². The number of hydrogen-bond donors (Lipinski definition) is 7. The van der Waals surface area contributed by atoms with Crippen LogP contribution in [0.3, 0.4) is 0 Å². The van der Waals surface area contributed by atoms with Crippen LogP contribution in [-0.4, -0.2) is 36.4 Å². The average Bonchev–Trinajstić information content (AvgIpc) is 2.86. The number of benzene rings is 1. The van der Waals surface area contributed by atoms with Gasteiger partial charge in [0, 0.05) is 56.2 Å². The zero-order valence-corrected chi connectivity index (χ0v) is 19.7. The minimum absolute atomic E-state index is 0.282. The van der Waals surface area contributed by atoms with E-state index in [0.29, 0.717) is 30.3 Å². The van der Waals surface area contributed by atoms with Crippen molar-refractivity contribution in [3.05, 3.63) is 53.2 Å². The summed E-state index contributed by atoms with van der Waals surface area (Å²) in [7, 11) is 0. The van der Waals surface area contributed by atoms with Crippen LogP contribution >= 0.6 is 0 Å². The number of nitrogen functional groups attached to an aromatic ring is 3. The molecule has 4 rings (SSSR count). The number of pyridine rings is 1. The van der Waals surface area contributed by atoms with Gasteiger partial charge in [-0.05, 0) is 47.7 Å². The molecule has 10 N–H and O–H groups in total. The second kappa shape index (κ2) is 10.8. The molecule has 9 nitrogen and oxygen atoms in total. The molecule has 1 aliphatic heterocycles. The van der Waals surface area contributed by atoms with E-state index in [1.54, 1.807) is 6.07 Å². The van der Waals surface area contributed by atoms with Crippen LogP contribution < -0.4 is 38.3 Å². The summed E-state index contributed by atoms with van der Waals surface area (Å²) < 4.78 is 0. The molecule has 34 heavy (non-hydrogen) atoms. The highest BCUT2D eigenvalue weighted by Crippen LogP contribution is 2.32. The van der Waals surface area contributed by atoms with Gasteiger partial charge >= 0.3 is 0 Å². The molecule has 2 aliphatic rings. The van der Waals surface area contributed by atoms with Crippen LogP contribution in [0.2, 0.25) is 0 Å². The molecule has 182 valence electrons. The number of piperazine rings is 1. The summed E-state index contributed by atoms with van der Waals surface area (Å²) in [6.45, 7) is 3.83. The normalized spacial score (nSPS) is 18.0. The zero-order valence-electron chi connectivity index (χ0n) is 19.7. The minimum Gasteiger partial charge on any atom is -0.395 e. The number of nitrogens with two attached hydrogens (primary N) is 3. The zero-order chi connectivity index (χ0) is 24.0.